The molecule has 1 aliphatic carbocycles. The maximum Gasteiger partial charge on any atom is 0.141 e. The SMILES string of the molecule is N#Cc1ccc(-c2cccc(CN3[C@@H]4CC[C@H]3[C@@H](N)C4)c2CC2CC2)cc1F. The third-order valence-electron chi connectivity index (χ3n) is 6.95. The lowest BCUT2D eigenvalue weighted by molar-refractivity contribution is 0.238. The normalized spacial score (nSPS) is 26.5. The second kappa shape index (κ2) is 6.99. The Morgan fingerprint density at radius 2 is 2.00 bits per heavy atom. The number of nitriles is 1. The molecule has 0 unspecified atom stereocenters. The summed E-state index contributed by atoms with van der Waals surface area (Å²) >= 11 is 0. The summed E-state index contributed by atoms with van der Waals surface area (Å²) in [7, 11) is 0. The molecular weight excluding hydrogens is 349 g/mol. The van der Waals surface area contributed by atoms with Crippen molar-refractivity contribution in [3.63, 3.8) is 0 Å². The molecule has 28 heavy (non-hydrogen) atoms. The van der Waals surface area contributed by atoms with Crippen molar-refractivity contribution in [2.45, 2.75) is 63.2 Å². The molecule has 1 saturated carbocycles. The van der Waals surface area contributed by atoms with Crippen LogP contribution in [0.3, 0.4) is 0 Å². The Morgan fingerprint density at radius 1 is 1.14 bits per heavy atom. The molecule has 0 spiro atoms. The molecule has 2 aliphatic heterocycles. The predicted molar refractivity (Wildman–Crippen MR) is 108 cm³/mol. The maximum atomic E-state index is 14.3. The summed E-state index contributed by atoms with van der Waals surface area (Å²) < 4.78 is 14.3. The van der Waals surface area contributed by atoms with Gasteiger partial charge in [0.05, 0.1) is 5.56 Å². The Labute approximate surface area is 166 Å². The third-order valence-corrected chi connectivity index (χ3v) is 6.95. The summed E-state index contributed by atoms with van der Waals surface area (Å²) in [5.74, 6) is 0.312. The minimum atomic E-state index is -0.439. The molecule has 144 valence electrons. The molecule has 2 N–H and O–H groups in total. The van der Waals surface area contributed by atoms with Crippen LogP contribution >= 0.6 is 0 Å². The van der Waals surface area contributed by atoms with Crippen LogP contribution < -0.4 is 5.73 Å². The fourth-order valence-electron chi connectivity index (χ4n) is 5.27. The Bertz CT molecular complexity index is 943. The van der Waals surface area contributed by atoms with Crippen molar-refractivity contribution in [3.8, 4) is 17.2 Å². The van der Waals surface area contributed by atoms with E-state index in [1.165, 1.54) is 42.9 Å². The van der Waals surface area contributed by atoms with Gasteiger partial charge in [-0.05, 0) is 78.8 Å². The molecule has 2 bridgehead atoms. The van der Waals surface area contributed by atoms with Gasteiger partial charge in [0.1, 0.15) is 11.9 Å². The predicted octanol–water partition coefficient (Wildman–Crippen LogP) is 4.38. The average molecular weight is 375 g/mol. The second-order valence-corrected chi connectivity index (χ2v) is 8.77. The van der Waals surface area contributed by atoms with Gasteiger partial charge >= 0.3 is 0 Å². The molecule has 0 aromatic heterocycles. The van der Waals surface area contributed by atoms with Crippen LogP contribution in [0.2, 0.25) is 0 Å². The van der Waals surface area contributed by atoms with Crippen molar-refractivity contribution in [1.82, 2.24) is 4.90 Å². The summed E-state index contributed by atoms with van der Waals surface area (Å²) in [5, 5.41) is 9.04. The number of halogens is 1. The Balaban J connectivity index is 1.52. The zero-order chi connectivity index (χ0) is 19.3. The van der Waals surface area contributed by atoms with E-state index in [1.807, 2.05) is 12.1 Å². The summed E-state index contributed by atoms with van der Waals surface area (Å²) in [5.41, 5.74) is 11.2. The van der Waals surface area contributed by atoms with E-state index in [0.717, 1.165) is 36.4 Å². The van der Waals surface area contributed by atoms with Gasteiger partial charge < -0.3 is 5.73 Å². The van der Waals surface area contributed by atoms with Crippen molar-refractivity contribution in [1.29, 1.82) is 5.26 Å². The number of hydrogen-bond acceptors (Lipinski definition) is 3. The highest BCUT2D eigenvalue weighted by atomic mass is 19.1. The Morgan fingerprint density at radius 3 is 2.64 bits per heavy atom. The Hall–Kier alpha value is -2.22. The van der Waals surface area contributed by atoms with Crippen LogP contribution in [0.5, 0.6) is 0 Å². The van der Waals surface area contributed by atoms with Crippen LogP contribution in [-0.4, -0.2) is 23.0 Å². The van der Waals surface area contributed by atoms with E-state index < -0.39 is 5.82 Å². The van der Waals surface area contributed by atoms with E-state index in [1.54, 1.807) is 6.07 Å². The first-order valence-electron chi connectivity index (χ1n) is 10.5. The van der Waals surface area contributed by atoms with E-state index in [0.29, 0.717) is 18.1 Å². The van der Waals surface area contributed by atoms with E-state index >= 15 is 0 Å². The highest BCUT2D eigenvalue weighted by Gasteiger charge is 2.44. The summed E-state index contributed by atoms with van der Waals surface area (Å²) in [4.78, 5) is 2.61. The van der Waals surface area contributed by atoms with E-state index in [4.69, 9.17) is 11.0 Å². The van der Waals surface area contributed by atoms with Gasteiger partial charge in [0, 0.05) is 24.7 Å². The van der Waals surface area contributed by atoms with Crippen molar-refractivity contribution in [2.24, 2.45) is 11.7 Å². The summed E-state index contributed by atoms with van der Waals surface area (Å²) in [6, 6.07) is 14.8. The average Bonchev–Trinajstić information content (AvgIpc) is 3.37. The quantitative estimate of drug-likeness (QED) is 0.844. The third kappa shape index (κ3) is 3.13. The van der Waals surface area contributed by atoms with Crippen molar-refractivity contribution in [3.05, 3.63) is 58.9 Å². The first kappa shape index (κ1) is 17.8. The Kier molecular flexibility index (Phi) is 4.45. The van der Waals surface area contributed by atoms with Gasteiger partial charge in [-0.3, -0.25) is 4.90 Å². The first-order valence-corrected chi connectivity index (χ1v) is 10.5. The second-order valence-electron chi connectivity index (χ2n) is 8.77. The van der Waals surface area contributed by atoms with Crippen LogP contribution in [0, 0.1) is 23.1 Å². The molecular formula is C24H26FN3. The molecule has 3 fully saturated rings. The monoisotopic (exact) mass is 375 g/mol. The minimum absolute atomic E-state index is 0.103. The smallest absolute Gasteiger partial charge is 0.141 e. The van der Waals surface area contributed by atoms with E-state index in [9.17, 15) is 4.39 Å². The van der Waals surface area contributed by atoms with Gasteiger partial charge in [-0.25, -0.2) is 4.39 Å². The number of nitrogens with two attached hydrogens (primary N) is 1. The van der Waals surface area contributed by atoms with Crippen LogP contribution in [0.4, 0.5) is 4.39 Å². The minimum Gasteiger partial charge on any atom is -0.326 e. The van der Waals surface area contributed by atoms with Crippen LogP contribution in [-0.2, 0) is 13.0 Å². The van der Waals surface area contributed by atoms with Crippen molar-refractivity contribution < 1.29 is 4.39 Å². The highest BCUT2D eigenvalue weighted by molar-refractivity contribution is 5.70. The lowest BCUT2D eigenvalue weighted by Crippen LogP contribution is -2.36. The topological polar surface area (TPSA) is 53.0 Å². The molecule has 3 aliphatic rings. The molecule has 0 radical (unpaired) electrons. The van der Waals surface area contributed by atoms with Gasteiger partial charge in [-0.1, -0.05) is 24.3 Å². The zero-order valence-electron chi connectivity index (χ0n) is 16.1. The lowest BCUT2D eigenvalue weighted by Gasteiger charge is -2.25. The molecule has 2 aromatic carbocycles. The molecule has 2 aromatic rings. The van der Waals surface area contributed by atoms with Crippen LogP contribution in [0.25, 0.3) is 11.1 Å². The standard InChI is InChI=1S/C24H26FN3/c25-22-11-16(6-7-17(22)13-26)20-3-1-2-18(21(20)10-15-4-5-15)14-28-19-8-9-24(28)23(27)12-19/h1-3,6-7,11,15,19,23-24H,4-5,8-10,12,14,27H2/t19-,23+,24+/m1/s1. The lowest BCUT2D eigenvalue weighted by atomic mass is 9.91. The molecule has 2 saturated heterocycles. The van der Waals surface area contributed by atoms with Gasteiger partial charge in [0.25, 0.3) is 0 Å². The van der Waals surface area contributed by atoms with Crippen LogP contribution in [0.15, 0.2) is 36.4 Å². The molecule has 3 atom stereocenters. The summed E-state index contributed by atoms with van der Waals surface area (Å²) in [6.07, 6.45) is 7.22. The summed E-state index contributed by atoms with van der Waals surface area (Å²) in [6.45, 7) is 0.942. The maximum absolute atomic E-state index is 14.3. The first-order chi connectivity index (χ1) is 13.6. The molecule has 5 rings (SSSR count). The van der Waals surface area contributed by atoms with Crippen molar-refractivity contribution >= 4 is 0 Å². The molecule has 0 amide bonds. The van der Waals surface area contributed by atoms with Gasteiger partial charge in [-0.15, -0.1) is 0 Å². The van der Waals surface area contributed by atoms with Gasteiger partial charge in [-0.2, -0.15) is 5.26 Å². The fourth-order valence-corrected chi connectivity index (χ4v) is 5.27. The highest BCUT2D eigenvalue weighted by Crippen LogP contribution is 2.41. The number of fused-ring (bicyclic) bond motifs is 2. The number of rotatable bonds is 5. The largest absolute Gasteiger partial charge is 0.326 e. The molecule has 4 heteroatoms. The molecule has 2 heterocycles. The van der Waals surface area contributed by atoms with Gasteiger partial charge in [0.15, 0.2) is 0 Å². The number of benzene rings is 2. The zero-order valence-corrected chi connectivity index (χ0v) is 16.1. The van der Waals surface area contributed by atoms with Crippen LogP contribution in [0.1, 0.15) is 48.8 Å². The fraction of sp³-hybridized carbons (Fsp3) is 0.458. The molecule has 3 nitrogen and oxygen atoms in total. The van der Waals surface area contributed by atoms with E-state index in [-0.39, 0.29) is 5.56 Å². The van der Waals surface area contributed by atoms with E-state index in [2.05, 4.69) is 23.1 Å². The number of nitrogens with zero attached hydrogens (tertiary/aromatic N) is 2. The van der Waals surface area contributed by atoms with Gasteiger partial charge in [0.2, 0.25) is 0 Å². The van der Waals surface area contributed by atoms with Crippen molar-refractivity contribution in [2.75, 3.05) is 0 Å². The number of hydrogen-bond donors (Lipinski definition) is 1.